The average Bonchev–Trinajstić information content (AvgIpc) is 3.03. The van der Waals surface area contributed by atoms with Gasteiger partial charge in [-0.05, 0) is 24.5 Å². The Morgan fingerprint density at radius 1 is 1.24 bits per heavy atom. The first-order chi connectivity index (χ1) is 8.24. The van der Waals surface area contributed by atoms with Crippen molar-refractivity contribution in [2.24, 2.45) is 0 Å². The van der Waals surface area contributed by atoms with Crippen molar-refractivity contribution in [3.63, 3.8) is 0 Å². The molecule has 1 radical (unpaired) electrons. The molecule has 1 fully saturated rings. The molecule has 1 saturated carbocycles. The maximum Gasteiger partial charge on any atom is 0.129 e. The van der Waals surface area contributed by atoms with Gasteiger partial charge in [-0.25, -0.2) is 8.78 Å². The smallest absolute Gasteiger partial charge is 0.129 e. The minimum atomic E-state index is -0.561. The van der Waals surface area contributed by atoms with Crippen molar-refractivity contribution in [3.05, 3.63) is 59.3 Å². The van der Waals surface area contributed by atoms with E-state index in [1.165, 1.54) is 12.1 Å². The van der Waals surface area contributed by atoms with Crippen LogP contribution in [0.5, 0.6) is 0 Å². The average molecular weight is 233 g/mol. The molecular weight excluding hydrogens is 222 g/mol. The van der Waals surface area contributed by atoms with Gasteiger partial charge in [0.25, 0.3) is 0 Å². The highest BCUT2D eigenvalue weighted by atomic mass is 19.1. The van der Waals surface area contributed by atoms with Crippen LogP contribution in [0.3, 0.4) is 0 Å². The quantitative estimate of drug-likeness (QED) is 0.866. The number of halogens is 2. The fraction of sp³-hybridized carbons (Fsp3) is 0.231. The van der Waals surface area contributed by atoms with Gasteiger partial charge < -0.3 is 0 Å². The Labute approximate surface area is 97.7 Å². The summed E-state index contributed by atoms with van der Waals surface area (Å²) in [7, 11) is 0. The minimum Gasteiger partial charge on any atom is -0.282 e. The molecule has 1 heterocycles. The Hall–Kier alpha value is -1.71. The molecule has 2 nitrogen and oxygen atoms in total. The van der Waals surface area contributed by atoms with Crippen LogP contribution in [0.4, 0.5) is 8.78 Å². The Bertz CT molecular complexity index is 544. The number of nitrogens with one attached hydrogen (secondary N) is 1. The second kappa shape index (κ2) is 3.95. The molecule has 0 spiro atoms. The highest BCUT2D eigenvalue weighted by Crippen LogP contribution is 2.41. The Kier molecular flexibility index (Phi) is 2.42. The summed E-state index contributed by atoms with van der Waals surface area (Å²) in [6.45, 7) is 0. The van der Waals surface area contributed by atoms with Crippen LogP contribution in [-0.4, -0.2) is 10.2 Å². The second-order valence-corrected chi connectivity index (χ2v) is 4.32. The van der Waals surface area contributed by atoms with Crippen molar-refractivity contribution in [1.82, 2.24) is 10.2 Å². The molecule has 1 aliphatic carbocycles. The van der Waals surface area contributed by atoms with E-state index >= 15 is 0 Å². The van der Waals surface area contributed by atoms with Crippen LogP contribution in [0.15, 0.2) is 24.4 Å². The van der Waals surface area contributed by atoms with Crippen molar-refractivity contribution in [2.45, 2.75) is 18.8 Å². The van der Waals surface area contributed by atoms with E-state index in [9.17, 15) is 8.78 Å². The predicted molar refractivity (Wildman–Crippen MR) is 59.4 cm³/mol. The van der Waals surface area contributed by atoms with Crippen LogP contribution in [0.1, 0.15) is 35.6 Å². The van der Waals surface area contributed by atoms with Crippen LogP contribution >= 0.6 is 0 Å². The van der Waals surface area contributed by atoms with E-state index in [2.05, 4.69) is 10.2 Å². The molecule has 1 N–H and O–H groups in total. The summed E-state index contributed by atoms with van der Waals surface area (Å²) in [5, 5.41) is 6.92. The lowest BCUT2D eigenvalue weighted by molar-refractivity contribution is 0.579. The Morgan fingerprint density at radius 2 is 2.06 bits per heavy atom. The maximum absolute atomic E-state index is 13.5. The predicted octanol–water partition coefficient (Wildman–Crippen LogP) is 3.17. The van der Waals surface area contributed by atoms with Gasteiger partial charge in [0.2, 0.25) is 0 Å². The summed E-state index contributed by atoms with van der Waals surface area (Å²) in [4.78, 5) is 0. The number of H-pyrrole nitrogens is 1. The number of nitrogens with zero attached hydrogens (tertiary/aromatic N) is 1. The summed E-state index contributed by atoms with van der Waals surface area (Å²) in [5.41, 5.74) is 2.32. The largest absolute Gasteiger partial charge is 0.282 e. The number of aromatic nitrogens is 2. The van der Waals surface area contributed by atoms with Gasteiger partial charge in [-0.1, -0.05) is 6.07 Å². The molecule has 0 saturated heterocycles. The third-order valence-electron chi connectivity index (χ3n) is 2.96. The molecule has 17 heavy (non-hydrogen) atoms. The van der Waals surface area contributed by atoms with E-state index in [1.807, 2.05) is 0 Å². The maximum atomic E-state index is 13.5. The molecule has 1 aromatic heterocycles. The molecule has 0 amide bonds. The topological polar surface area (TPSA) is 28.7 Å². The fourth-order valence-electron chi connectivity index (χ4n) is 1.91. The molecule has 1 aliphatic rings. The lowest BCUT2D eigenvalue weighted by Gasteiger charge is -2.03. The summed E-state index contributed by atoms with van der Waals surface area (Å²) in [6, 6.07) is 3.59. The first-order valence-electron chi connectivity index (χ1n) is 5.57. The van der Waals surface area contributed by atoms with Crippen LogP contribution in [0, 0.1) is 18.1 Å². The zero-order chi connectivity index (χ0) is 11.8. The van der Waals surface area contributed by atoms with Gasteiger partial charge in [0.1, 0.15) is 11.6 Å². The molecule has 0 unspecified atom stereocenters. The first-order valence-corrected chi connectivity index (χ1v) is 5.57. The van der Waals surface area contributed by atoms with Crippen LogP contribution in [-0.2, 0) is 0 Å². The van der Waals surface area contributed by atoms with E-state index in [0.29, 0.717) is 11.5 Å². The summed E-state index contributed by atoms with van der Waals surface area (Å²) in [5.74, 6) is -0.588. The zero-order valence-corrected chi connectivity index (χ0v) is 9.08. The molecule has 87 valence electrons. The first kappa shape index (κ1) is 10.4. The van der Waals surface area contributed by atoms with E-state index in [-0.39, 0.29) is 0 Å². The SMILES string of the molecule is Fc1ccc([CH]c2cn[nH]c2C2CC2)c(F)c1. The van der Waals surface area contributed by atoms with Crippen molar-refractivity contribution < 1.29 is 8.78 Å². The molecular formula is C13H11F2N2. The highest BCUT2D eigenvalue weighted by Gasteiger charge is 2.27. The summed E-state index contributed by atoms with van der Waals surface area (Å²) >= 11 is 0. The molecule has 0 atom stereocenters. The van der Waals surface area contributed by atoms with Crippen molar-refractivity contribution in [3.8, 4) is 0 Å². The zero-order valence-electron chi connectivity index (χ0n) is 9.08. The second-order valence-electron chi connectivity index (χ2n) is 4.32. The van der Waals surface area contributed by atoms with Crippen molar-refractivity contribution in [2.75, 3.05) is 0 Å². The standard InChI is InChI=1S/C13H11F2N2/c14-11-4-3-9(12(15)6-11)5-10-7-16-17-13(10)8-1-2-8/h3-8H,1-2H2,(H,16,17). The van der Waals surface area contributed by atoms with Gasteiger partial charge >= 0.3 is 0 Å². The third kappa shape index (κ3) is 2.07. The Balaban J connectivity index is 1.88. The van der Waals surface area contributed by atoms with Gasteiger partial charge in [0, 0.05) is 29.7 Å². The van der Waals surface area contributed by atoms with Gasteiger partial charge in [-0.3, -0.25) is 5.10 Å². The van der Waals surface area contributed by atoms with E-state index in [4.69, 9.17) is 0 Å². The van der Waals surface area contributed by atoms with Gasteiger partial charge in [-0.15, -0.1) is 0 Å². The monoisotopic (exact) mass is 233 g/mol. The normalized spacial score (nSPS) is 15.2. The fourth-order valence-corrected chi connectivity index (χ4v) is 1.91. The lowest BCUT2D eigenvalue weighted by atomic mass is 10.0. The number of benzene rings is 1. The highest BCUT2D eigenvalue weighted by molar-refractivity contribution is 5.41. The van der Waals surface area contributed by atoms with E-state index in [1.54, 1.807) is 12.6 Å². The molecule has 4 heteroatoms. The molecule has 0 bridgehead atoms. The minimum absolute atomic E-state index is 0.384. The number of rotatable bonds is 3. The third-order valence-corrected chi connectivity index (χ3v) is 2.96. The molecule has 1 aromatic carbocycles. The van der Waals surface area contributed by atoms with E-state index < -0.39 is 11.6 Å². The number of aromatic amines is 1. The van der Waals surface area contributed by atoms with Gasteiger partial charge in [-0.2, -0.15) is 5.10 Å². The van der Waals surface area contributed by atoms with Crippen LogP contribution in [0.25, 0.3) is 0 Å². The number of hydrogen-bond donors (Lipinski definition) is 1. The molecule has 0 aliphatic heterocycles. The van der Waals surface area contributed by atoms with Crippen LogP contribution in [0.2, 0.25) is 0 Å². The van der Waals surface area contributed by atoms with Crippen molar-refractivity contribution >= 4 is 0 Å². The molecule has 2 aromatic rings. The lowest BCUT2D eigenvalue weighted by Crippen LogP contribution is -1.93. The van der Waals surface area contributed by atoms with Gasteiger partial charge in [0.05, 0.1) is 6.20 Å². The van der Waals surface area contributed by atoms with Gasteiger partial charge in [0.15, 0.2) is 0 Å². The summed E-state index contributed by atoms with van der Waals surface area (Å²) < 4.78 is 26.3. The van der Waals surface area contributed by atoms with E-state index in [0.717, 1.165) is 30.2 Å². The number of hydrogen-bond acceptors (Lipinski definition) is 1. The molecule has 3 rings (SSSR count). The van der Waals surface area contributed by atoms with Crippen molar-refractivity contribution in [1.29, 1.82) is 0 Å². The summed E-state index contributed by atoms with van der Waals surface area (Å²) in [6.07, 6.45) is 5.67. The van der Waals surface area contributed by atoms with Crippen LogP contribution < -0.4 is 0 Å². The Morgan fingerprint density at radius 3 is 2.76 bits per heavy atom.